The van der Waals surface area contributed by atoms with Crippen LogP contribution in [0.25, 0.3) is 0 Å². The molecule has 3 N–H and O–H groups in total. The Morgan fingerprint density at radius 2 is 1.74 bits per heavy atom. The first kappa shape index (κ1) is 18.9. The van der Waals surface area contributed by atoms with Crippen molar-refractivity contribution >= 4 is 12.0 Å². The van der Waals surface area contributed by atoms with Gasteiger partial charge >= 0.3 is 12.0 Å². The molecule has 0 spiro atoms. The molecule has 6 nitrogen and oxygen atoms in total. The summed E-state index contributed by atoms with van der Waals surface area (Å²) in [5, 5.41) is 14.8. The summed E-state index contributed by atoms with van der Waals surface area (Å²) in [5.74, 6) is -0.572. The van der Waals surface area contributed by atoms with Gasteiger partial charge in [-0.05, 0) is 29.2 Å². The quantitative estimate of drug-likeness (QED) is 0.733. The summed E-state index contributed by atoms with van der Waals surface area (Å²) in [4.78, 5) is 25.4. The van der Waals surface area contributed by atoms with Crippen LogP contribution in [0, 0.1) is 5.92 Å². The number of hydrogen-bond donors (Lipinski definition) is 3. The summed E-state index contributed by atoms with van der Waals surface area (Å²) in [7, 11) is 0. The van der Waals surface area contributed by atoms with E-state index in [1.54, 1.807) is 12.1 Å². The fraction of sp³-hybridized carbons (Fsp3) is 0.333. The van der Waals surface area contributed by atoms with Crippen LogP contribution in [0.5, 0.6) is 0 Å². The largest absolute Gasteiger partial charge is 0.478 e. The Bertz CT molecular complexity index is 777. The molecule has 27 heavy (non-hydrogen) atoms. The molecule has 0 radical (unpaired) electrons. The average Bonchev–Trinajstić information content (AvgIpc) is 3.00. The normalized spacial score (nSPS) is 19.6. The maximum absolute atomic E-state index is 12.2. The lowest BCUT2D eigenvalue weighted by molar-refractivity contribution is 0.0697. The van der Waals surface area contributed by atoms with Gasteiger partial charge in [0.1, 0.15) is 0 Å². The van der Waals surface area contributed by atoms with Crippen LogP contribution in [0.3, 0.4) is 0 Å². The van der Waals surface area contributed by atoms with E-state index in [9.17, 15) is 9.59 Å². The number of carboxylic acid groups (broad SMARTS) is 1. The number of likely N-dealkylation sites (tertiary alicyclic amines) is 1. The zero-order chi connectivity index (χ0) is 19.2. The van der Waals surface area contributed by atoms with Gasteiger partial charge in [0.15, 0.2) is 0 Å². The zero-order valence-corrected chi connectivity index (χ0v) is 15.4. The second-order valence-electron chi connectivity index (χ2n) is 7.09. The summed E-state index contributed by atoms with van der Waals surface area (Å²) < 4.78 is 0. The van der Waals surface area contributed by atoms with Gasteiger partial charge in [0.25, 0.3) is 0 Å². The highest BCUT2D eigenvalue weighted by Gasteiger charge is 2.30. The van der Waals surface area contributed by atoms with Crippen LogP contribution in [0.1, 0.15) is 28.4 Å². The molecule has 0 bridgehead atoms. The van der Waals surface area contributed by atoms with Gasteiger partial charge in [0, 0.05) is 32.2 Å². The van der Waals surface area contributed by atoms with Crippen molar-refractivity contribution in [3.63, 3.8) is 0 Å². The molecule has 3 rings (SSSR count). The third-order valence-electron chi connectivity index (χ3n) is 4.91. The number of aromatic carboxylic acids is 1. The van der Waals surface area contributed by atoms with E-state index in [4.69, 9.17) is 5.11 Å². The van der Waals surface area contributed by atoms with Crippen molar-refractivity contribution in [1.29, 1.82) is 0 Å². The maximum Gasteiger partial charge on any atom is 0.335 e. The molecule has 142 valence electrons. The van der Waals surface area contributed by atoms with Gasteiger partial charge in [-0.2, -0.15) is 0 Å². The average molecular weight is 367 g/mol. The number of urea groups is 1. The molecular formula is C21H25N3O3. The lowest BCUT2D eigenvalue weighted by Crippen LogP contribution is -2.45. The predicted octanol–water partition coefficient (Wildman–Crippen LogP) is 2.70. The third kappa shape index (κ3) is 5.31. The number of carbonyl (C=O) groups excluding carboxylic acids is 1. The minimum absolute atomic E-state index is 0.114. The van der Waals surface area contributed by atoms with Crippen molar-refractivity contribution in [2.45, 2.75) is 26.1 Å². The zero-order valence-electron chi connectivity index (χ0n) is 15.4. The smallest absolute Gasteiger partial charge is 0.335 e. The Morgan fingerprint density at radius 3 is 2.41 bits per heavy atom. The van der Waals surface area contributed by atoms with Crippen molar-refractivity contribution in [2.75, 3.05) is 13.1 Å². The number of nitrogens with one attached hydrogen (secondary N) is 2. The lowest BCUT2D eigenvalue weighted by Gasteiger charge is -2.18. The number of benzene rings is 2. The molecule has 1 saturated heterocycles. The number of rotatable bonds is 6. The van der Waals surface area contributed by atoms with Crippen LogP contribution in [0.15, 0.2) is 54.6 Å². The van der Waals surface area contributed by atoms with Crippen molar-refractivity contribution in [1.82, 2.24) is 15.5 Å². The molecule has 0 aliphatic carbocycles. The van der Waals surface area contributed by atoms with E-state index >= 15 is 0 Å². The molecule has 2 aromatic rings. The molecule has 0 saturated carbocycles. The third-order valence-corrected chi connectivity index (χ3v) is 4.91. The first-order valence-corrected chi connectivity index (χ1v) is 9.14. The van der Waals surface area contributed by atoms with Crippen molar-refractivity contribution in [3.8, 4) is 0 Å². The first-order chi connectivity index (χ1) is 13.0. The Morgan fingerprint density at radius 1 is 1.04 bits per heavy atom. The summed E-state index contributed by atoms with van der Waals surface area (Å²) in [5.41, 5.74) is 2.38. The van der Waals surface area contributed by atoms with Gasteiger partial charge in [0.05, 0.1) is 5.56 Å². The summed E-state index contributed by atoms with van der Waals surface area (Å²) in [6, 6.07) is 16.8. The predicted molar refractivity (Wildman–Crippen MR) is 103 cm³/mol. The van der Waals surface area contributed by atoms with Crippen molar-refractivity contribution in [3.05, 3.63) is 71.3 Å². The van der Waals surface area contributed by atoms with Crippen LogP contribution in [0.2, 0.25) is 0 Å². The topological polar surface area (TPSA) is 81.7 Å². The molecule has 6 heteroatoms. The SMILES string of the molecule is CC1CN(Cc2ccccc2)CC1NC(=O)NCc1ccc(C(=O)O)cc1. The summed E-state index contributed by atoms with van der Waals surface area (Å²) in [6.07, 6.45) is 0. The molecule has 2 aromatic carbocycles. The van der Waals surface area contributed by atoms with Crippen LogP contribution < -0.4 is 10.6 Å². The number of carbonyl (C=O) groups is 2. The van der Waals surface area contributed by atoms with Gasteiger partial charge in [-0.25, -0.2) is 9.59 Å². The van der Waals surface area contributed by atoms with E-state index < -0.39 is 5.97 Å². The molecule has 0 aromatic heterocycles. The van der Waals surface area contributed by atoms with Crippen molar-refractivity contribution in [2.24, 2.45) is 5.92 Å². The molecule has 1 aliphatic heterocycles. The Kier molecular flexibility index (Phi) is 6.08. The standard InChI is InChI=1S/C21H25N3O3/c1-15-12-24(13-17-5-3-2-4-6-17)14-19(15)23-21(27)22-11-16-7-9-18(10-8-16)20(25)26/h2-10,15,19H,11-14H2,1H3,(H,25,26)(H2,22,23,27). The van der Waals surface area contributed by atoms with Gasteiger partial charge in [0.2, 0.25) is 0 Å². The molecule has 1 aliphatic rings. The fourth-order valence-corrected chi connectivity index (χ4v) is 3.39. The highest BCUT2D eigenvalue weighted by atomic mass is 16.4. The van der Waals surface area contributed by atoms with Crippen LogP contribution in [-0.4, -0.2) is 41.1 Å². The highest BCUT2D eigenvalue weighted by Crippen LogP contribution is 2.18. The van der Waals surface area contributed by atoms with E-state index in [2.05, 4.69) is 34.6 Å². The fourth-order valence-electron chi connectivity index (χ4n) is 3.39. The minimum atomic E-state index is -0.956. The van der Waals surface area contributed by atoms with E-state index in [-0.39, 0.29) is 17.6 Å². The van der Waals surface area contributed by atoms with Gasteiger partial charge < -0.3 is 15.7 Å². The number of nitrogens with zero attached hydrogens (tertiary/aromatic N) is 1. The van der Waals surface area contributed by atoms with Crippen LogP contribution in [0.4, 0.5) is 4.79 Å². The summed E-state index contributed by atoms with van der Waals surface area (Å²) >= 11 is 0. The molecule has 2 unspecified atom stereocenters. The highest BCUT2D eigenvalue weighted by molar-refractivity contribution is 5.87. The second kappa shape index (κ2) is 8.68. The van der Waals surface area contributed by atoms with Gasteiger partial charge in [-0.3, -0.25) is 4.90 Å². The Labute approximate surface area is 159 Å². The van der Waals surface area contributed by atoms with E-state index in [1.807, 2.05) is 18.2 Å². The van der Waals surface area contributed by atoms with E-state index in [0.29, 0.717) is 12.5 Å². The minimum Gasteiger partial charge on any atom is -0.478 e. The number of carboxylic acids is 1. The van der Waals surface area contributed by atoms with Crippen LogP contribution >= 0.6 is 0 Å². The monoisotopic (exact) mass is 367 g/mol. The number of amides is 2. The molecule has 2 amide bonds. The van der Waals surface area contributed by atoms with E-state index in [1.165, 1.54) is 17.7 Å². The van der Waals surface area contributed by atoms with Gasteiger partial charge in [-0.1, -0.05) is 49.4 Å². The van der Waals surface area contributed by atoms with Gasteiger partial charge in [-0.15, -0.1) is 0 Å². The second-order valence-corrected chi connectivity index (χ2v) is 7.09. The Balaban J connectivity index is 1.45. The molecule has 1 fully saturated rings. The van der Waals surface area contributed by atoms with E-state index in [0.717, 1.165) is 25.2 Å². The number of hydrogen-bond acceptors (Lipinski definition) is 3. The molecular weight excluding hydrogens is 342 g/mol. The Hall–Kier alpha value is -2.86. The maximum atomic E-state index is 12.2. The molecule has 1 heterocycles. The van der Waals surface area contributed by atoms with Crippen molar-refractivity contribution < 1.29 is 14.7 Å². The molecule has 2 atom stereocenters. The van der Waals surface area contributed by atoms with Crippen LogP contribution in [-0.2, 0) is 13.1 Å². The lowest BCUT2D eigenvalue weighted by atomic mass is 10.1. The summed E-state index contributed by atoms with van der Waals surface area (Å²) in [6.45, 7) is 5.19. The first-order valence-electron chi connectivity index (χ1n) is 9.14.